The standard InChI is InChI=1S/C14H14O3S/c1-2-7-17-12-6-4-3-5-10(12)14-11(16)9-18-13(14)8-15/h3-6,8-9,16H,2,7H2,1H3. The number of aldehydes is 1. The summed E-state index contributed by atoms with van der Waals surface area (Å²) in [7, 11) is 0. The van der Waals surface area contributed by atoms with Gasteiger partial charge in [0.25, 0.3) is 0 Å². The number of thiophene rings is 1. The van der Waals surface area contributed by atoms with Gasteiger partial charge in [-0.05, 0) is 12.5 Å². The zero-order valence-electron chi connectivity index (χ0n) is 10.1. The van der Waals surface area contributed by atoms with Crippen LogP contribution in [0.5, 0.6) is 11.5 Å². The maximum Gasteiger partial charge on any atom is 0.160 e. The van der Waals surface area contributed by atoms with Gasteiger partial charge in [0.15, 0.2) is 6.29 Å². The summed E-state index contributed by atoms with van der Waals surface area (Å²) in [5, 5.41) is 11.4. The van der Waals surface area contributed by atoms with E-state index in [1.54, 1.807) is 5.38 Å². The third kappa shape index (κ3) is 2.38. The lowest BCUT2D eigenvalue weighted by atomic mass is 10.1. The van der Waals surface area contributed by atoms with Gasteiger partial charge in [0.05, 0.1) is 11.5 Å². The van der Waals surface area contributed by atoms with Gasteiger partial charge in [0.2, 0.25) is 0 Å². The van der Waals surface area contributed by atoms with Gasteiger partial charge in [0, 0.05) is 16.5 Å². The van der Waals surface area contributed by atoms with Crippen LogP contribution < -0.4 is 4.74 Å². The molecule has 0 saturated heterocycles. The topological polar surface area (TPSA) is 46.5 Å². The van der Waals surface area contributed by atoms with Crippen LogP contribution in [0.15, 0.2) is 29.6 Å². The molecular formula is C14H14O3S. The summed E-state index contributed by atoms with van der Waals surface area (Å²) in [4.78, 5) is 11.5. The highest BCUT2D eigenvalue weighted by molar-refractivity contribution is 7.12. The Bertz CT molecular complexity index is 546. The van der Waals surface area contributed by atoms with Crippen LogP contribution in [0.1, 0.15) is 23.0 Å². The van der Waals surface area contributed by atoms with Gasteiger partial charge in [-0.2, -0.15) is 0 Å². The molecular weight excluding hydrogens is 248 g/mol. The number of ether oxygens (including phenoxy) is 1. The normalized spacial score (nSPS) is 10.3. The summed E-state index contributed by atoms with van der Waals surface area (Å²) in [5.41, 5.74) is 1.31. The van der Waals surface area contributed by atoms with E-state index in [4.69, 9.17) is 4.74 Å². The first-order valence-electron chi connectivity index (χ1n) is 5.75. The molecule has 0 saturated carbocycles. The molecule has 1 N–H and O–H groups in total. The van der Waals surface area contributed by atoms with Crippen LogP contribution in [0.4, 0.5) is 0 Å². The number of rotatable bonds is 5. The lowest BCUT2D eigenvalue weighted by Gasteiger charge is -2.10. The quantitative estimate of drug-likeness (QED) is 0.835. The van der Waals surface area contributed by atoms with Crippen LogP contribution in [0.3, 0.4) is 0 Å². The van der Waals surface area contributed by atoms with E-state index in [1.165, 1.54) is 11.3 Å². The predicted octanol–water partition coefficient (Wildman–Crippen LogP) is 3.72. The molecule has 0 spiro atoms. The third-order valence-electron chi connectivity index (χ3n) is 2.53. The van der Waals surface area contributed by atoms with Crippen molar-refractivity contribution in [3.8, 4) is 22.6 Å². The maximum absolute atomic E-state index is 11.0. The fraction of sp³-hybridized carbons (Fsp3) is 0.214. The van der Waals surface area contributed by atoms with E-state index in [9.17, 15) is 9.90 Å². The molecule has 0 aliphatic rings. The molecule has 0 unspecified atom stereocenters. The number of aromatic hydroxyl groups is 1. The van der Waals surface area contributed by atoms with Crippen molar-refractivity contribution in [3.05, 3.63) is 34.5 Å². The van der Waals surface area contributed by atoms with Crippen LogP contribution in [0.2, 0.25) is 0 Å². The number of carbonyl (C=O) groups excluding carboxylic acids is 1. The molecule has 4 heteroatoms. The lowest BCUT2D eigenvalue weighted by Crippen LogP contribution is -1.97. The van der Waals surface area contributed by atoms with Crippen molar-refractivity contribution >= 4 is 17.6 Å². The molecule has 1 aromatic heterocycles. The summed E-state index contributed by atoms with van der Waals surface area (Å²) >= 11 is 1.23. The summed E-state index contributed by atoms with van der Waals surface area (Å²) in [6, 6.07) is 7.43. The lowest BCUT2D eigenvalue weighted by molar-refractivity contribution is 0.112. The van der Waals surface area contributed by atoms with Crippen molar-refractivity contribution in [3.63, 3.8) is 0 Å². The van der Waals surface area contributed by atoms with Gasteiger partial charge in [-0.15, -0.1) is 11.3 Å². The Labute approximate surface area is 110 Å². The number of hydrogen-bond acceptors (Lipinski definition) is 4. The fourth-order valence-corrected chi connectivity index (χ4v) is 2.48. The molecule has 0 radical (unpaired) electrons. The van der Waals surface area contributed by atoms with Crippen molar-refractivity contribution < 1.29 is 14.6 Å². The zero-order chi connectivity index (χ0) is 13.0. The Hall–Kier alpha value is -1.81. The SMILES string of the molecule is CCCOc1ccccc1-c1c(O)csc1C=O. The maximum atomic E-state index is 11.0. The molecule has 2 rings (SSSR count). The first-order chi connectivity index (χ1) is 8.77. The van der Waals surface area contributed by atoms with Gasteiger partial charge < -0.3 is 9.84 Å². The molecule has 1 aromatic carbocycles. The van der Waals surface area contributed by atoms with E-state index in [2.05, 4.69) is 0 Å². The van der Waals surface area contributed by atoms with E-state index in [1.807, 2.05) is 31.2 Å². The van der Waals surface area contributed by atoms with E-state index in [0.29, 0.717) is 22.8 Å². The van der Waals surface area contributed by atoms with Crippen LogP contribution in [-0.4, -0.2) is 18.0 Å². The van der Waals surface area contributed by atoms with Crippen molar-refractivity contribution in [2.45, 2.75) is 13.3 Å². The largest absolute Gasteiger partial charge is 0.506 e. The second-order valence-corrected chi connectivity index (χ2v) is 4.73. The Balaban J connectivity index is 2.49. The zero-order valence-corrected chi connectivity index (χ0v) is 10.9. The number of benzene rings is 1. The van der Waals surface area contributed by atoms with Gasteiger partial charge in [0.1, 0.15) is 11.5 Å². The minimum atomic E-state index is 0.120. The monoisotopic (exact) mass is 262 g/mol. The second-order valence-electron chi connectivity index (χ2n) is 3.82. The van der Waals surface area contributed by atoms with Gasteiger partial charge in [-0.1, -0.05) is 25.1 Å². The van der Waals surface area contributed by atoms with E-state index >= 15 is 0 Å². The van der Waals surface area contributed by atoms with E-state index in [0.717, 1.165) is 18.3 Å². The second kappa shape index (κ2) is 5.69. The predicted molar refractivity (Wildman–Crippen MR) is 72.6 cm³/mol. The van der Waals surface area contributed by atoms with Crippen molar-refractivity contribution in [1.29, 1.82) is 0 Å². The summed E-state index contributed by atoms with van der Waals surface area (Å²) in [5.74, 6) is 0.811. The van der Waals surface area contributed by atoms with Crippen molar-refractivity contribution in [2.24, 2.45) is 0 Å². The summed E-state index contributed by atoms with van der Waals surface area (Å²) < 4.78 is 5.64. The van der Waals surface area contributed by atoms with Gasteiger partial charge in [-0.25, -0.2) is 0 Å². The van der Waals surface area contributed by atoms with Crippen LogP contribution in [0.25, 0.3) is 11.1 Å². The smallest absolute Gasteiger partial charge is 0.160 e. The molecule has 0 aliphatic heterocycles. The number of hydrogen-bond donors (Lipinski definition) is 1. The third-order valence-corrected chi connectivity index (χ3v) is 3.42. The average molecular weight is 262 g/mol. The molecule has 0 atom stereocenters. The Morgan fingerprint density at radius 2 is 2.17 bits per heavy atom. The van der Waals surface area contributed by atoms with E-state index < -0.39 is 0 Å². The summed E-state index contributed by atoms with van der Waals surface area (Å²) in [6.07, 6.45) is 1.67. The van der Waals surface area contributed by atoms with Crippen LogP contribution in [-0.2, 0) is 0 Å². The minimum Gasteiger partial charge on any atom is -0.506 e. The fourth-order valence-electron chi connectivity index (χ4n) is 1.73. The number of para-hydroxylation sites is 1. The van der Waals surface area contributed by atoms with Gasteiger partial charge >= 0.3 is 0 Å². The van der Waals surface area contributed by atoms with Crippen LogP contribution >= 0.6 is 11.3 Å². The molecule has 0 aliphatic carbocycles. The molecule has 0 bridgehead atoms. The Morgan fingerprint density at radius 1 is 1.39 bits per heavy atom. The Kier molecular flexibility index (Phi) is 3.99. The van der Waals surface area contributed by atoms with E-state index in [-0.39, 0.29) is 5.75 Å². The Morgan fingerprint density at radius 3 is 2.89 bits per heavy atom. The molecule has 0 amide bonds. The van der Waals surface area contributed by atoms with Crippen molar-refractivity contribution in [2.75, 3.05) is 6.61 Å². The minimum absolute atomic E-state index is 0.120. The first-order valence-corrected chi connectivity index (χ1v) is 6.63. The molecule has 3 nitrogen and oxygen atoms in total. The molecule has 2 aromatic rings. The van der Waals surface area contributed by atoms with Gasteiger partial charge in [-0.3, -0.25) is 4.79 Å². The molecule has 0 fully saturated rings. The molecule has 94 valence electrons. The highest BCUT2D eigenvalue weighted by atomic mass is 32.1. The highest BCUT2D eigenvalue weighted by Gasteiger charge is 2.16. The first kappa shape index (κ1) is 12.6. The molecule has 1 heterocycles. The number of carbonyl (C=O) groups is 1. The molecule has 18 heavy (non-hydrogen) atoms. The van der Waals surface area contributed by atoms with Crippen molar-refractivity contribution in [1.82, 2.24) is 0 Å². The summed E-state index contributed by atoms with van der Waals surface area (Å²) in [6.45, 7) is 2.64. The van der Waals surface area contributed by atoms with Crippen LogP contribution in [0, 0.1) is 0 Å². The highest BCUT2D eigenvalue weighted by Crippen LogP contribution is 2.41. The average Bonchev–Trinajstić information content (AvgIpc) is 2.77.